The largest absolute Gasteiger partial charge is 0.478 e. The lowest BCUT2D eigenvalue weighted by atomic mass is 9.83. The third-order valence-electron chi connectivity index (χ3n) is 21.5. The summed E-state index contributed by atoms with van der Waals surface area (Å²) >= 11 is 6.97. The topological polar surface area (TPSA) is 229 Å². The monoisotopic (exact) mass is 1560 g/mol. The van der Waals surface area contributed by atoms with Crippen LogP contribution in [0.4, 0.5) is 0 Å². The first kappa shape index (κ1) is 83.0. The molecule has 562 valence electrons. The number of carboxylic acids is 1. The summed E-state index contributed by atoms with van der Waals surface area (Å²) in [4.78, 5) is 64.5. The number of nitrogens with one attached hydrogen (secondary N) is 2. The lowest BCUT2D eigenvalue weighted by Crippen LogP contribution is -2.47. The summed E-state index contributed by atoms with van der Waals surface area (Å²) in [5.74, 6) is -0.925. The summed E-state index contributed by atoms with van der Waals surface area (Å²) in [6.07, 6.45) is 13.5. The van der Waals surface area contributed by atoms with Gasteiger partial charge < -0.3 is 79.4 Å². The van der Waals surface area contributed by atoms with Crippen molar-refractivity contribution in [1.82, 2.24) is 49.5 Å². The zero-order chi connectivity index (χ0) is 75.1. The van der Waals surface area contributed by atoms with Crippen molar-refractivity contribution in [2.45, 2.75) is 141 Å². The molecule has 105 heavy (non-hydrogen) atoms. The highest BCUT2D eigenvalue weighted by molar-refractivity contribution is 9.10. The number of likely N-dealkylation sites (N-methyl/N-ethyl adjacent to an activating group) is 2. The molecule has 6 atom stereocenters. The predicted molar refractivity (Wildman–Crippen MR) is 429 cm³/mol. The first-order valence-corrected chi connectivity index (χ1v) is 39.6. The molecule has 8 aliphatic heterocycles. The molecule has 0 aliphatic carbocycles. The zero-order valence-corrected chi connectivity index (χ0v) is 65.8. The molecule has 0 radical (unpaired) electrons. The smallest absolute Gasteiger partial charge is 0.376 e. The highest BCUT2D eigenvalue weighted by Gasteiger charge is 2.36. The van der Waals surface area contributed by atoms with Crippen molar-refractivity contribution in [1.29, 1.82) is 0 Å². The minimum Gasteiger partial charge on any atom is -0.478 e. The zero-order valence-electron chi connectivity index (χ0n) is 62.6. The molecule has 0 spiro atoms. The van der Waals surface area contributed by atoms with Gasteiger partial charge in [-0.3, -0.25) is 9.59 Å². The van der Waals surface area contributed by atoms with Crippen LogP contribution < -0.4 is 10.6 Å². The van der Waals surface area contributed by atoms with E-state index in [9.17, 15) is 39.3 Å². The molecule has 0 saturated carbocycles. The summed E-state index contributed by atoms with van der Waals surface area (Å²) in [5, 5.41) is 55.0. The molecule has 8 fully saturated rings. The van der Waals surface area contributed by atoms with Crippen LogP contribution in [0.15, 0.2) is 155 Å². The van der Waals surface area contributed by atoms with E-state index in [2.05, 4.69) is 141 Å². The number of benzene rings is 6. The average molecular weight is 1560 g/mol. The van der Waals surface area contributed by atoms with Crippen molar-refractivity contribution < 1.29 is 49.1 Å². The molecule has 0 aromatic heterocycles. The second-order valence-electron chi connectivity index (χ2n) is 29.0. The molecule has 8 saturated heterocycles. The van der Waals surface area contributed by atoms with Crippen LogP contribution >= 0.6 is 31.9 Å². The Morgan fingerprint density at radius 3 is 1.02 bits per heavy atom. The molecule has 6 aromatic rings. The van der Waals surface area contributed by atoms with E-state index in [1.54, 1.807) is 37.9 Å². The third kappa shape index (κ3) is 24.0. The van der Waals surface area contributed by atoms with Crippen molar-refractivity contribution in [3.8, 4) is 0 Å². The lowest BCUT2D eigenvalue weighted by Gasteiger charge is -2.32. The van der Waals surface area contributed by atoms with Crippen LogP contribution in [0.5, 0.6) is 0 Å². The van der Waals surface area contributed by atoms with Crippen LogP contribution in [0.2, 0.25) is 27.3 Å². The molecule has 2 amide bonds. The summed E-state index contributed by atoms with van der Waals surface area (Å²) in [6.45, 7) is 20.2. The van der Waals surface area contributed by atoms with Gasteiger partial charge in [0.05, 0.1) is 18.2 Å². The van der Waals surface area contributed by atoms with Crippen LogP contribution in [-0.4, -0.2) is 229 Å². The highest BCUT2D eigenvalue weighted by Crippen LogP contribution is 2.37. The molecule has 20 nitrogen and oxygen atoms in total. The second-order valence-corrected chi connectivity index (χ2v) is 30.8. The molecule has 6 aromatic carbocycles. The van der Waals surface area contributed by atoms with Crippen molar-refractivity contribution >= 4 is 83.8 Å². The van der Waals surface area contributed by atoms with Gasteiger partial charge in [-0.05, 0) is 264 Å². The molecule has 7 N–H and O–H groups in total. The van der Waals surface area contributed by atoms with Crippen LogP contribution in [0.25, 0.3) is 0 Å². The highest BCUT2D eigenvalue weighted by atomic mass is 79.9. The van der Waals surface area contributed by atoms with Crippen LogP contribution in [0, 0.1) is 0 Å². The quantitative estimate of drug-likeness (QED) is 0.0397. The SMILES string of the molecule is Brc1cccc(C2CCCN2)c1.CB(O)N1CCCC1c1cccc(Br)c1.CB(O)N1CCCC1c1cccc(C(=O)N2CCN(C)CC2)c1.CB(O)N1CCCC1c1cccc(C(=O)O)c1.CN1CCN(C(=O)c2cccc(C3CCCN3)c2)CC1.COC(=O)c1cccc(C2CCCN2B(C)O)c1. The molecule has 0 bridgehead atoms. The molecule has 8 aliphatic rings. The van der Waals surface area contributed by atoms with Gasteiger partial charge in [-0.2, -0.15) is 0 Å². The van der Waals surface area contributed by atoms with E-state index >= 15 is 0 Å². The Labute approximate surface area is 642 Å². The second kappa shape index (κ2) is 41.5. The molecular weight excluding hydrogens is 1450 g/mol. The van der Waals surface area contributed by atoms with E-state index in [4.69, 9.17) is 9.84 Å². The van der Waals surface area contributed by atoms with Gasteiger partial charge in [0, 0.05) is 109 Å². The Balaban J connectivity index is 0.000000147. The van der Waals surface area contributed by atoms with Crippen LogP contribution in [-0.2, 0) is 4.74 Å². The summed E-state index contributed by atoms with van der Waals surface area (Å²) < 4.78 is 7.01. The molecule has 6 unspecified atom stereocenters. The number of carbonyl (C=O) groups is 4. The fourth-order valence-electron chi connectivity index (χ4n) is 15.8. The fraction of sp³-hybridized carbons (Fsp3) is 0.494. The summed E-state index contributed by atoms with van der Waals surface area (Å²) in [7, 11) is 3.83. The van der Waals surface area contributed by atoms with Gasteiger partial charge >= 0.3 is 40.1 Å². The number of hydrogen-bond donors (Lipinski definition) is 7. The number of ether oxygens (including phenoxy) is 1. The van der Waals surface area contributed by atoms with Crippen LogP contribution in [0.1, 0.15) is 188 Å². The maximum Gasteiger partial charge on any atom is 0.376 e. The van der Waals surface area contributed by atoms with E-state index in [0.717, 1.165) is 169 Å². The number of halogens is 2. The number of aromatic carboxylic acids is 1. The minimum absolute atomic E-state index is 0.126. The number of methoxy groups -OCH3 is 1. The molecule has 8 heterocycles. The van der Waals surface area contributed by atoms with Crippen molar-refractivity contribution in [2.75, 3.05) is 113 Å². The van der Waals surface area contributed by atoms with Crippen molar-refractivity contribution in [3.05, 3.63) is 210 Å². The number of hydrogen-bond acceptors (Lipinski definition) is 17. The predicted octanol–water partition coefficient (Wildman–Crippen LogP) is 11.7. The van der Waals surface area contributed by atoms with Crippen molar-refractivity contribution in [2.24, 2.45) is 0 Å². The Morgan fingerprint density at radius 2 is 0.686 bits per heavy atom. The Bertz CT molecular complexity index is 3730. The lowest BCUT2D eigenvalue weighted by molar-refractivity contribution is 0.0598. The first-order valence-electron chi connectivity index (χ1n) is 38.0. The minimum atomic E-state index is -0.909. The van der Waals surface area contributed by atoms with Gasteiger partial charge in [0.15, 0.2) is 0 Å². The van der Waals surface area contributed by atoms with Gasteiger partial charge in [0.1, 0.15) is 0 Å². The Hall–Kier alpha value is -6.06. The first-order chi connectivity index (χ1) is 50.6. The van der Waals surface area contributed by atoms with Gasteiger partial charge in [0.25, 0.3) is 11.8 Å². The fourth-order valence-corrected chi connectivity index (χ4v) is 16.6. The van der Waals surface area contributed by atoms with E-state index in [1.807, 2.05) is 88.9 Å². The Morgan fingerprint density at radius 1 is 0.390 bits per heavy atom. The number of esters is 1. The number of piperazine rings is 2. The molecular formula is C79H110B4Br2N10O10. The van der Waals surface area contributed by atoms with Crippen molar-refractivity contribution in [3.63, 3.8) is 0 Å². The number of carboxylic acid groups (broad SMARTS) is 1. The third-order valence-corrected chi connectivity index (χ3v) is 22.5. The number of nitrogens with zero attached hydrogens (tertiary/aromatic N) is 8. The van der Waals surface area contributed by atoms with Gasteiger partial charge in [-0.15, -0.1) is 0 Å². The van der Waals surface area contributed by atoms with Crippen LogP contribution in [0.3, 0.4) is 0 Å². The van der Waals surface area contributed by atoms with E-state index in [0.29, 0.717) is 29.3 Å². The molecule has 26 heteroatoms. The number of carbonyl (C=O) groups excluding carboxylic acids is 3. The van der Waals surface area contributed by atoms with Gasteiger partial charge in [0.2, 0.25) is 0 Å². The van der Waals surface area contributed by atoms with Gasteiger partial charge in [-0.1, -0.05) is 105 Å². The molecule has 14 rings (SSSR count). The van der Waals surface area contributed by atoms with E-state index in [1.165, 1.54) is 60.4 Å². The van der Waals surface area contributed by atoms with E-state index in [-0.39, 0.29) is 43.0 Å². The summed E-state index contributed by atoms with van der Waals surface area (Å²) in [6, 6.07) is 49.4. The van der Waals surface area contributed by atoms with Gasteiger partial charge in [-0.25, -0.2) is 9.59 Å². The van der Waals surface area contributed by atoms with E-state index < -0.39 is 27.1 Å². The Kier molecular flexibility index (Phi) is 32.8. The number of amides is 2. The normalized spacial score (nSPS) is 22.1. The number of rotatable bonds is 14. The maximum atomic E-state index is 12.7. The maximum absolute atomic E-state index is 12.7. The standard InChI is InChI=1S/C17H26BN3O2.C16H23N3O.C13H18BNO3.C12H16BNO3.C11H15BBrNO.C10H12BrN/c1-18(23)21-8-4-7-16(21)14-5-3-6-15(13-14)17(22)20-11-9-19(2)10-12-20;1-18-8-10-19(11-9-18)16(20)14-5-2-4-13(12-14)15-6-3-7-17-15;1-14(17)15-8-4-7-12(15)10-5-3-6-11(9-10)13(16)18-2;1-13(17)14-7-3-6-11(14)9-4-2-5-10(8-9)12(15)16;1-12(15)14-7-3-6-11(14)9-4-2-5-10(13)8-9;11-9-4-1-3-8(7-9)10-5-2-6-12-10/h3,5-6,13,16,23H,4,7-12H2,1-2H3;2,4-5,12,15,17H,3,6-11H2,1H3;3,5-6,9,12,17H,4,7-8H2,1-2H3;2,4-5,8,11,17H,3,6-7H2,1H3,(H,15,16);2,4-5,8,11,15H,3,6-7H2,1H3;1,3-4,7,10,12H,2,5-6H2. The average Bonchev–Trinajstić information content (AvgIpc) is 1.80. The summed E-state index contributed by atoms with van der Waals surface area (Å²) in [5.41, 5.74) is 9.60.